The zero-order chi connectivity index (χ0) is 26.7. The molecule has 3 aromatic rings. The molecule has 0 spiro atoms. The van der Waals surface area contributed by atoms with Crippen molar-refractivity contribution in [2.75, 3.05) is 13.2 Å². The third-order valence-electron chi connectivity index (χ3n) is 7.72. The molecule has 0 bridgehead atoms. The van der Waals surface area contributed by atoms with Crippen LogP contribution in [0.3, 0.4) is 0 Å². The molecule has 0 N–H and O–H groups in total. The van der Waals surface area contributed by atoms with Gasteiger partial charge in [0.2, 0.25) is 0 Å². The third kappa shape index (κ3) is 10.7. The van der Waals surface area contributed by atoms with Crippen molar-refractivity contribution >= 4 is 42.8 Å². The SMILES string of the molecule is CCCCCCCCCCCCOc1c(OCCCCCCCCCCCC)c2ccsc2c2sccc12. The highest BCUT2D eigenvalue weighted by atomic mass is 32.1. The maximum atomic E-state index is 6.49. The van der Waals surface area contributed by atoms with E-state index in [9.17, 15) is 0 Å². The fourth-order valence-electron chi connectivity index (χ4n) is 5.39. The minimum Gasteiger partial charge on any atom is -0.489 e. The van der Waals surface area contributed by atoms with Crippen molar-refractivity contribution in [2.24, 2.45) is 0 Å². The van der Waals surface area contributed by atoms with Gasteiger partial charge < -0.3 is 9.47 Å². The molecule has 0 amide bonds. The Bertz CT molecular complexity index is 910. The first kappa shape index (κ1) is 31.3. The van der Waals surface area contributed by atoms with Crippen LogP contribution < -0.4 is 9.47 Å². The normalized spacial score (nSPS) is 11.6. The Hall–Kier alpha value is -1.26. The van der Waals surface area contributed by atoms with Gasteiger partial charge in [-0.25, -0.2) is 0 Å². The van der Waals surface area contributed by atoms with E-state index in [0.717, 1.165) is 37.6 Å². The van der Waals surface area contributed by atoms with Crippen molar-refractivity contribution in [3.05, 3.63) is 22.9 Å². The molecule has 2 nitrogen and oxygen atoms in total. The number of ether oxygens (including phenoxy) is 2. The minimum absolute atomic E-state index is 0.783. The second kappa shape index (κ2) is 19.7. The summed E-state index contributed by atoms with van der Waals surface area (Å²) in [5, 5.41) is 6.86. The van der Waals surface area contributed by atoms with Gasteiger partial charge in [-0.15, -0.1) is 22.7 Å². The fraction of sp³-hybridized carbons (Fsp3) is 0.706. The molecule has 0 radical (unpaired) electrons. The summed E-state index contributed by atoms with van der Waals surface area (Å²) in [7, 11) is 0. The van der Waals surface area contributed by atoms with E-state index >= 15 is 0 Å². The van der Waals surface area contributed by atoms with Gasteiger partial charge in [-0.1, -0.05) is 129 Å². The highest BCUT2D eigenvalue weighted by molar-refractivity contribution is 7.25. The number of thiophene rings is 2. The molecule has 0 atom stereocenters. The summed E-state index contributed by atoms with van der Waals surface area (Å²) in [6.07, 6.45) is 26.9. The average Bonchev–Trinajstić information content (AvgIpc) is 3.61. The van der Waals surface area contributed by atoms with Gasteiger partial charge in [0.15, 0.2) is 11.5 Å². The molecule has 0 aliphatic carbocycles. The van der Waals surface area contributed by atoms with Crippen LogP contribution in [0.1, 0.15) is 142 Å². The molecule has 0 unspecified atom stereocenters. The number of hydrogen-bond acceptors (Lipinski definition) is 4. The van der Waals surface area contributed by atoms with Gasteiger partial charge in [0, 0.05) is 10.8 Å². The number of benzene rings is 1. The zero-order valence-electron chi connectivity index (χ0n) is 24.5. The third-order valence-corrected chi connectivity index (χ3v) is 9.71. The van der Waals surface area contributed by atoms with Crippen LogP contribution >= 0.6 is 22.7 Å². The first-order valence-electron chi connectivity index (χ1n) is 16.0. The van der Waals surface area contributed by atoms with E-state index in [1.807, 2.05) is 22.7 Å². The molecule has 0 fully saturated rings. The monoisotopic (exact) mass is 558 g/mol. The van der Waals surface area contributed by atoms with E-state index in [2.05, 4.69) is 36.7 Å². The molecule has 3 rings (SSSR count). The summed E-state index contributed by atoms with van der Waals surface area (Å²) >= 11 is 3.65. The van der Waals surface area contributed by atoms with E-state index in [0.29, 0.717) is 0 Å². The Labute approximate surface area is 241 Å². The summed E-state index contributed by atoms with van der Waals surface area (Å²) in [5.74, 6) is 1.96. The molecular formula is C34H54O2S2. The Kier molecular flexibility index (Phi) is 16.2. The maximum absolute atomic E-state index is 6.49. The average molecular weight is 559 g/mol. The molecule has 2 heterocycles. The predicted octanol–water partition coefficient (Wildman–Crippen LogP) is 12.7. The molecule has 2 aromatic heterocycles. The van der Waals surface area contributed by atoms with Crippen molar-refractivity contribution in [3.63, 3.8) is 0 Å². The largest absolute Gasteiger partial charge is 0.489 e. The highest BCUT2D eigenvalue weighted by Gasteiger charge is 2.19. The van der Waals surface area contributed by atoms with E-state index in [4.69, 9.17) is 9.47 Å². The summed E-state index contributed by atoms with van der Waals surface area (Å²) in [6, 6.07) is 4.45. The van der Waals surface area contributed by atoms with Crippen molar-refractivity contribution in [3.8, 4) is 11.5 Å². The molecule has 0 aliphatic heterocycles. The summed E-state index contributed by atoms with van der Waals surface area (Å²) in [4.78, 5) is 0. The molecule has 214 valence electrons. The first-order chi connectivity index (χ1) is 18.9. The Morgan fingerprint density at radius 1 is 0.447 bits per heavy atom. The zero-order valence-corrected chi connectivity index (χ0v) is 26.1. The number of hydrogen-bond donors (Lipinski definition) is 0. The summed E-state index contributed by atoms with van der Waals surface area (Å²) in [6.45, 7) is 6.15. The second-order valence-electron chi connectivity index (χ2n) is 11.0. The van der Waals surface area contributed by atoms with Crippen LogP contribution in [0.2, 0.25) is 0 Å². The Morgan fingerprint density at radius 2 is 0.763 bits per heavy atom. The maximum Gasteiger partial charge on any atom is 0.170 e. The number of rotatable bonds is 24. The van der Waals surface area contributed by atoms with Crippen molar-refractivity contribution in [1.29, 1.82) is 0 Å². The molecule has 4 heteroatoms. The summed E-state index contributed by atoms with van der Waals surface area (Å²) < 4.78 is 15.7. The van der Waals surface area contributed by atoms with E-state index in [1.165, 1.54) is 136 Å². The molecular weight excluding hydrogens is 505 g/mol. The van der Waals surface area contributed by atoms with Gasteiger partial charge >= 0.3 is 0 Å². The van der Waals surface area contributed by atoms with Gasteiger partial charge in [0.05, 0.1) is 22.6 Å². The lowest BCUT2D eigenvalue weighted by Gasteiger charge is -2.16. The van der Waals surface area contributed by atoms with Gasteiger partial charge in [-0.2, -0.15) is 0 Å². The van der Waals surface area contributed by atoms with Crippen LogP contribution in [0.5, 0.6) is 11.5 Å². The lowest BCUT2D eigenvalue weighted by molar-refractivity contribution is 0.263. The van der Waals surface area contributed by atoms with Crippen molar-refractivity contribution < 1.29 is 9.47 Å². The number of unbranched alkanes of at least 4 members (excludes halogenated alkanes) is 18. The van der Waals surface area contributed by atoms with Crippen LogP contribution in [0.4, 0.5) is 0 Å². The first-order valence-corrected chi connectivity index (χ1v) is 17.8. The van der Waals surface area contributed by atoms with Gasteiger partial charge in [-0.05, 0) is 35.7 Å². The Balaban J connectivity index is 1.42. The Morgan fingerprint density at radius 3 is 1.11 bits per heavy atom. The summed E-state index contributed by atoms with van der Waals surface area (Å²) in [5.41, 5.74) is 0. The number of fused-ring (bicyclic) bond motifs is 3. The standard InChI is InChI=1S/C34H54O2S2/c1-3-5-7-9-11-13-15-17-19-21-25-35-31-29-23-27-37-33(29)34-30(24-28-38-34)32(31)36-26-22-20-18-16-14-12-10-8-6-4-2/h23-24,27-28H,3-22,25-26H2,1-2H3. The van der Waals surface area contributed by atoms with E-state index in [1.54, 1.807) is 0 Å². The second-order valence-corrected chi connectivity index (χ2v) is 12.9. The molecule has 1 aromatic carbocycles. The predicted molar refractivity (Wildman–Crippen MR) is 172 cm³/mol. The van der Waals surface area contributed by atoms with Crippen LogP contribution in [0, 0.1) is 0 Å². The van der Waals surface area contributed by atoms with Crippen molar-refractivity contribution in [1.82, 2.24) is 0 Å². The van der Waals surface area contributed by atoms with Crippen LogP contribution in [0.25, 0.3) is 20.2 Å². The smallest absolute Gasteiger partial charge is 0.170 e. The minimum atomic E-state index is 0.783. The van der Waals surface area contributed by atoms with Gasteiger partial charge in [0.25, 0.3) is 0 Å². The topological polar surface area (TPSA) is 18.5 Å². The van der Waals surface area contributed by atoms with E-state index < -0.39 is 0 Å². The molecule has 0 aliphatic rings. The van der Waals surface area contributed by atoms with E-state index in [-0.39, 0.29) is 0 Å². The lowest BCUT2D eigenvalue weighted by atomic mass is 10.1. The quantitative estimate of drug-likeness (QED) is 0.102. The van der Waals surface area contributed by atoms with Gasteiger partial charge in [-0.3, -0.25) is 0 Å². The van der Waals surface area contributed by atoms with Crippen LogP contribution in [-0.2, 0) is 0 Å². The van der Waals surface area contributed by atoms with Crippen molar-refractivity contribution in [2.45, 2.75) is 142 Å². The highest BCUT2D eigenvalue weighted by Crippen LogP contribution is 2.47. The lowest BCUT2D eigenvalue weighted by Crippen LogP contribution is -2.03. The van der Waals surface area contributed by atoms with Gasteiger partial charge in [0.1, 0.15) is 0 Å². The molecule has 0 saturated heterocycles. The fourth-order valence-corrected chi connectivity index (χ4v) is 7.36. The van der Waals surface area contributed by atoms with Crippen LogP contribution in [0.15, 0.2) is 22.9 Å². The molecule has 38 heavy (non-hydrogen) atoms. The van der Waals surface area contributed by atoms with Crippen LogP contribution in [-0.4, -0.2) is 13.2 Å². The molecule has 0 saturated carbocycles.